The van der Waals surface area contributed by atoms with Gasteiger partial charge in [0, 0.05) is 38.1 Å². The molecule has 2 aliphatic rings. The molecule has 2 aliphatic heterocycles. The van der Waals surface area contributed by atoms with Crippen LogP contribution in [0.4, 0.5) is 11.6 Å². The fraction of sp³-hybridized carbons (Fsp3) is 0.367. The number of pyridine rings is 4. The number of aromatic carboxylic acids is 1. The van der Waals surface area contributed by atoms with E-state index >= 15 is 0 Å². The number of fused-ring (bicyclic) bond motifs is 1. The van der Waals surface area contributed by atoms with Gasteiger partial charge in [-0.1, -0.05) is 23.2 Å². The van der Waals surface area contributed by atoms with Gasteiger partial charge in [0.2, 0.25) is 11.3 Å². The van der Waals surface area contributed by atoms with Crippen LogP contribution in [0.15, 0.2) is 53.7 Å². The number of ether oxygens (including phenoxy) is 1. The summed E-state index contributed by atoms with van der Waals surface area (Å²) in [5.74, 6) is 0.304. The molecule has 0 spiro atoms. The van der Waals surface area contributed by atoms with Crippen molar-refractivity contribution in [1.82, 2.24) is 24.4 Å². The summed E-state index contributed by atoms with van der Waals surface area (Å²) in [6.07, 6.45) is 6.25. The number of halogens is 2. The highest BCUT2D eigenvalue weighted by atomic mass is 35.5. The van der Waals surface area contributed by atoms with Gasteiger partial charge in [-0.3, -0.25) is 9.36 Å². The Hall–Kier alpha value is -3.93. The van der Waals surface area contributed by atoms with Crippen LogP contribution in [0.25, 0.3) is 16.7 Å². The number of hydrogen-bond donors (Lipinski definition) is 1. The fourth-order valence-electron chi connectivity index (χ4n) is 5.67. The van der Waals surface area contributed by atoms with Crippen molar-refractivity contribution in [2.24, 2.45) is 0 Å². The third kappa shape index (κ3) is 5.37. The van der Waals surface area contributed by atoms with Crippen molar-refractivity contribution >= 4 is 51.8 Å². The number of carboxylic acid groups (broad SMARTS) is 1. The molecule has 0 saturated carbocycles. The molecule has 6 rings (SSSR count). The maximum Gasteiger partial charge on any atom is 0.341 e. The summed E-state index contributed by atoms with van der Waals surface area (Å²) in [7, 11) is 4.11. The Morgan fingerprint density at radius 1 is 1.19 bits per heavy atom. The van der Waals surface area contributed by atoms with Crippen molar-refractivity contribution in [3.05, 3.63) is 74.8 Å². The van der Waals surface area contributed by atoms with E-state index in [1.54, 1.807) is 29.1 Å². The number of carboxylic acids is 1. The van der Waals surface area contributed by atoms with Gasteiger partial charge in [0.1, 0.15) is 28.8 Å². The highest BCUT2D eigenvalue weighted by Crippen LogP contribution is 2.39. The van der Waals surface area contributed by atoms with Crippen LogP contribution in [0.1, 0.15) is 30.1 Å². The second-order valence-electron chi connectivity index (χ2n) is 11.4. The lowest BCUT2D eigenvalue weighted by molar-refractivity contribution is 0.0695. The van der Waals surface area contributed by atoms with Gasteiger partial charge in [0.05, 0.1) is 27.8 Å². The van der Waals surface area contributed by atoms with E-state index in [9.17, 15) is 14.7 Å². The van der Waals surface area contributed by atoms with E-state index in [-0.39, 0.29) is 28.2 Å². The van der Waals surface area contributed by atoms with E-state index < -0.39 is 16.9 Å². The lowest BCUT2D eigenvalue weighted by Crippen LogP contribution is -2.57. The predicted molar refractivity (Wildman–Crippen MR) is 167 cm³/mol. The number of nitrogens with zero attached hydrogens (tertiary/aromatic N) is 7. The van der Waals surface area contributed by atoms with Crippen LogP contribution in [0, 0.1) is 0 Å². The molecule has 1 N–H and O–H groups in total. The Bertz CT molecular complexity index is 1760. The molecule has 4 aromatic heterocycles. The van der Waals surface area contributed by atoms with Crippen LogP contribution in [0.2, 0.25) is 10.0 Å². The van der Waals surface area contributed by atoms with Crippen molar-refractivity contribution in [3.8, 4) is 11.6 Å². The number of aromatic nitrogens is 4. The Kier molecular flexibility index (Phi) is 7.66. The van der Waals surface area contributed by atoms with Gasteiger partial charge < -0.3 is 24.5 Å². The highest BCUT2D eigenvalue weighted by molar-refractivity contribution is 6.33. The molecule has 6 heterocycles. The molecule has 0 amide bonds. The van der Waals surface area contributed by atoms with Crippen molar-refractivity contribution in [2.75, 3.05) is 50.1 Å². The van der Waals surface area contributed by atoms with Gasteiger partial charge in [-0.25, -0.2) is 19.7 Å². The molecule has 0 aliphatic carbocycles. The third-order valence-corrected chi connectivity index (χ3v) is 8.89. The van der Waals surface area contributed by atoms with Crippen LogP contribution in [0.5, 0.6) is 5.88 Å². The summed E-state index contributed by atoms with van der Waals surface area (Å²) in [5.41, 5.74) is -0.688. The molecular formula is C30H31Cl2N7O4. The first kappa shape index (κ1) is 29.2. The lowest BCUT2D eigenvalue weighted by atomic mass is 10.00. The zero-order valence-electron chi connectivity index (χ0n) is 24.0. The van der Waals surface area contributed by atoms with E-state index in [4.69, 9.17) is 32.9 Å². The van der Waals surface area contributed by atoms with Crippen molar-refractivity contribution in [3.63, 3.8) is 0 Å². The minimum atomic E-state index is -1.34. The second-order valence-corrected chi connectivity index (χ2v) is 12.3. The van der Waals surface area contributed by atoms with E-state index in [1.165, 1.54) is 12.3 Å². The Balaban J connectivity index is 1.39. The molecular weight excluding hydrogens is 593 g/mol. The Labute approximate surface area is 258 Å². The quantitative estimate of drug-likeness (QED) is 0.303. The number of carbonyl (C=O) groups is 1. The number of likely N-dealkylation sites (N-methyl/N-ethyl adjacent to an activating group) is 1. The van der Waals surface area contributed by atoms with Crippen LogP contribution in [-0.2, 0) is 0 Å². The molecule has 0 unspecified atom stereocenters. The van der Waals surface area contributed by atoms with Gasteiger partial charge in [0.15, 0.2) is 5.65 Å². The minimum Gasteiger partial charge on any atom is -0.477 e. The lowest BCUT2D eigenvalue weighted by Gasteiger charge is -2.43. The first-order valence-electron chi connectivity index (χ1n) is 13.9. The summed E-state index contributed by atoms with van der Waals surface area (Å²) in [5, 5.41) is 10.6. The largest absolute Gasteiger partial charge is 0.477 e. The molecule has 0 radical (unpaired) electrons. The molecule has 4 aromatic rings. The summed E-state index contributed by atoms with van der Waals surface area (Å²) in [6, 6.07) is 9.17. The zero-order valence-corrected chi connectivity index (χ0v) is 25.5. The van der Waals surface area contributed by atoms with E-state index in [0.29, 0.717) is 35.0 Å². The van der Waals surface area contributed by atoms with E-state index in [1.807, 2.05) is 12.1 Å². The van der Waals surface area contributed by atoms with Crippen LogP contribution in [-0.4, -0.2) is 87.4 Å². The topological polar surface area (TPSA) is 117 Å². The molecule has 13 heteroatoms. The monoisotopic (exact) mass is 623 g/mol. The highest BCUT2D eigenvalue weighted by Gasteiger charge is 2.40. The van der Waals surface area contributed by atoms with Crippen molar-refractivity contribution in [2.45, 2.75) is 31.3 Å². The van der Waals surface area contributed by atoms with Gasteiger partial charge in [-0.2, -0.15) is 0 Å². The smallest absolute Gasteiger partial charge is 0.341 e. The van der Waals surface area contributed by atoms with E-state index in [2.05, 4.69) is 45.7 Å². The summed E-state index contributed by atoms with van der Waals surface area (Å²) in [6.45, 7) is 4.74. The molecule has 2 fully saturated rings. The average molecular weight is 625 g/mol. The maximum absolute atomic E-state index is 13.3. The maximum atomic E-state index is 13.3. The summed E-state index contributed by atoms with van der Waals surface area (Å²) in [4.78, 5) is 45.5. The zero-order chi connectivity index (χ0) is 30.5. The normalized spacial score (nSPS) is 18.8. The van der Waals surface area contributed by atoms with Gasteiger partial charge in [-0.05, 0) is 64.2 Å². The average Bonchev–Trinajstić information content (AvgIpc) is 3.33. The Morgan fingerprint density at radius 2 is 1.98 bits per heavy atom. The molecule has 2 saturated heterocycles. The van der Waals surface area contributed by atoms with Gasteiger partial charge in [0.25, 0.3) is 0 Å². The van der Waals surface area contributed by atoms with Gasteiger partial charge >= 0.3 is 5.97 Å². The molecule has 11 nitrogen and oxygen atoms in total. The molecule has 0 bridgehead atoms. The summed E-state index contributed by atoms with van der Waals surface area (Å²) < 4.78 is 7.62. The van der Waals surface area contributed by atoms with E-state index in [0.717, 1.165) is 31.7 Å². The second kappa shape index (κ2) is 11.3. The fourth-order valence-corrected chi connectivity index (χ4v) is 6.09. The number of hydrogen-bond acceptors (Lipinski definition) is 9. The first-order chi connectivity index (χ1) is 20.6. The Morgan fingerprint density at radius 3 is 2.65 bits per heavy atom. The number of rotatable bonds is 8. The molecule has 0 aromatic carbocycles. The van der Waals surface area contributed by atoms with Crippen molar-refractivity contribution in [1.29, 1.82) is 0 Å². The van der Waals surface area contributed by atoms with Crippen molar-refractivity contribution < 1.29 is 14.6 Å². The van der Waals surface area contributed by atoms with Crippen LogP contribution in [0.3, 0.4) is 0 Å². The third-order valence-electron chi connectivity index (χ3n) is 8.32. The SMILES string of the molecule is CN(C)C1CN(c2ccc(-n3cc(C(=O)O)c(=O)c4cc(Cl)c(N5CCC[C@]5(C)COc5ncccc5Cl)nc43)cn2)C1. The summed E-state index contributed by atoms with van der Waals surface area (Å²) >= 11 is 13.0. The van der Waals surface area contributed by atoms with Crippen LogP contribution >= 0.6 is 23.2 Å². The first-order valence-corrected chi connectivity index (χ1v) is 14.7. The predicted octanol–water partition coefficient (Wildman–Crippen LogP) is 4.37. The standard InChI is InChI=1S/C30H31Cl2N7O4/c1-30(17-43-28-22(31)6-4-10-33-28)9-5-11-39(30)27-23(32)12-20-25(40)21(29(41)42)16-38(26(20)35-27)18-7-8-24(34-13-18)37-14-19(15-37)36(2)3/h4,6-8,10,12-13,16,19H,5,9,11,14-15,17H2,1-3H3,(H,41,42)/t30-/m1/s1. The minimum absolute atomic E-state index is 0.103. The molecule has 224 valence electrons. The molecule has 1 atom stereocenters. The number of anilines is 2. The van der Waals surface area contributed by atoms with Gasteiger partial charge in [-0.15, -0.1) is 0 Å². The van der Waals surface area contributed by atoms with Crippen LogP contribution < -0.4 is 20.0 Å². The molecule has 43 heavy (non-hydrogen) atoms.